The highest BCUT2D eigenvalue weighted by molar-refractivity contribution is 5.94. The first-order valence-corrected chi connectivity index (χ1v) is 8.67. The molecule has 1 rings (SSSR count). The Kier molecular flexibility index (Phi) is 8.09. The zero-order valence-corrected chi connectivity index (χ0v) is 16.2. The number of hydrogen-bond donors (Lipinski definition) is 3. The monoisotopic (exact) mass is 363 g/mol. The smallest absolute Gasteiger partial charge is 0.407 e. The number of benzene rings is 1. The second-order valence-electron chi connectivity index (χ2n) is 7.08. The number of aryl methyl sites for hydroxylation is 2. The number of carbonyl (C=O) groups excluding carboxylic acids is 3. The van der Waals surface area contributed by atoms with Crippen LogP contribution < -0.4 is 16.0 Å². The maximum absolute atomic E-state index is 12.0. The summed E-state index contributed by atoms with van der Waals surface area (Å²) in [5.41, 5.74) is 2.22. The van der Waals surface area contributed by atoms with Gasteiger partial charge >= 0.3 is 6.09 Å². The van der Waals surface area contributed by atoms with E-state index in [1.807, 2.05) is 26.0 Å². The summed E-state index contributed by atoms with van der Waals surface area (Å²) in [5.74, 6) is -0.379. The molecule has 0 aliphatic carbocycles. The van der Waals surface area contributed by atoms with Gasteiger partial charge in [-0.3, -0.25) is 9.59 Å². The van der Waals surface area contributed by atoms with Gasteiger partial charge in [-0.05, 0) is 57.9 Å². The van der Waals surface area contributed by atoms with Crippen LogP contribution in [0.25, 0.3) is 0 Å². The molecular weight excluding hydrogens is 334 g/mol. The summed E-state index contributed by atoms with van der Waals surface area (Å²) in [6.45, 7) is 10.1. The van der Waals surface area contributed by atoms with Crippen LogP contribution in [0.4, 0.5) is 4.79 Å². The second-order valence-corrected chi connectivity index (χ2v) is 7.08. The van der Waals surface area contributed by atoms with E-state index in [-0.39, 0.29) is 24.8 Å². The molecule has 26 heavy (non-hydrogen) atoms. The fourth-order valence-electron chi connectivity index (χ4n) is 2.04. The van der Waals surface area contributed by atoms with E-state index in [4.69, 9.17) is 4.74 Å². The van der Waals surface area contributed by atoms with Crippen molar-refractivity contribution in [3.8, 4) is 0 Å². The van der Waals surface area contributed by atoms with E-state index >= 15 is 0 Å². The summed E-state index contributed by atoms with van der Waals surface area (Å²) in [4.78, 5) is 35.2. The van der Waals surface area contributed by atoms with Crippen molar-refractivity contribution >= 4 is 17.9 Å². The lowest BCUT2D eigenvalue weighted by molar-refractivity contribution is -0.120. The minimum Gasteiger partial charge on any atom is -0.444 e. The van der Waals surface area contributed by atoms with Crippen molar-refractivity contribution in [3.05, 3.63) is 34.9 Å². The van der Waals surface area contributed by atoms with Crippen molar-refractivity contribution in [2.24, 2.45) is 0 Å². The van der Waals surface area contributed by atoms with Crippen molar-refractivity contribution < 1.29 is 19.1 Å². The third-order valence-electron chi connectivity index (χ3n) is 3.52. The van der Waals surface area contributed by atoms with Crippen LogP contribution in [0.3, 0.4) is 0 Å². The van der Waals surface area contributed by atoms with Gasteiger partial charge in [0.25, 0.3) is 5.91 Å². The molecule has 0 radical (unpaired) electrons. The van der Waals surface area contributed by atoms with Crippen molar-refractivity contribution in [1.82, 2.24) is 16.0 Å². The second kappa shape index (κ2) is 9.79. The van der Waals surface area contributed by atoms with Gasteiger partial charge in [0, 0.05) is 31.6 Å². The number of hydrogen-bond acceptors (Lipinski definition) is 4. The maximum atomic E-state index is 12.0. The molecule has 1 aromatic carbocycles. The Balaban J connectivity index is 2.19. The van der Waals surface area contributed by atoms with Gasteiger partial charge < -0.3 is 20.7 Å². The number of ether oxygens (including phenoxy) is 1. The molecule has 7 nitrogen and oxygen atoms in total. The average Bonchev–Trinajstić information content (AvgIpc) is 2.52. The first-order valence-electron chi connectivity index (χ1n) is 8.67. The third kappa shape index (κ3) is 8.50. The molecule has 0 unspecified atom stereocenters. The van der Waals surface area contributed by atoms with Crippen LogP contribution in [-0.4, -0.2) is 43.1 Å². The fraction of sp³-hybridized carbons (Fsp3) is 0.526. The third-order valence-corrected chi connectivity index (χ3v) is 3.52. The number of rotatable bonds is 7. The summed E-state index contributed by atoms with van der Waals surface area (Å²) in [7, 11) is 0. The lowest BCUT2D eigenvalue weighted by Crippen LogP contribution is -2.37. The first kappa shape index (κ1) is 21.5. The largest absolute Gasteiger partial charge is 0.444 e. The van der Waals surface area contributed by atoms with Crippen LogP contribution in [0.2, 0.25) is 0 Å². The van der Waals surface area contributed by atoms with Crippen molar-refractivity contribution in [1.29, 1.82) is 0 Å². The van der Waals surface area contributed by atoms with Crippen LogP contribution in [0, 0.1) is 13.8 Å². The van der Waals surface area contributed by atoms with E-state index in [1.54, 1.807) is 26.8 Å². The highest BCUT2D eigenvalue weighted by Crippen LogP contribution is 2.09. The van der Waals surface area contributed by atoms with Gasteiger partial charge in [0.2, 0.25) is 5.91 Å². The minimum absolute atomic E-state index is 0.143. The summed E-state index contributed by atoms with van der Waals surface area (Å²) >= 11 is 0. The van der Waals surface area contributed by atoms with Gasteiger partial charge in [-0.2, -0.15) is 0 Å². The zero-order chi connectivity index (χ0) is 19.7. The standard InChI is InChI=1S/C19H29N3O4/c1-13-6-7-15(12-14(13)2)17(24)21-11-10-20-16(23)8-9-22-18(25)26-19(3,4)5/h6-7,12H,8-11H2,1-5H3,(H,20,23)(H,21,24)(H,22,25). The highest BCUT2D eigenvalue weighted by atomic mass is 16.6. The summed E-state index contributed by atoms with van der Waals surface area (Å²) < 4.78 is 5.07. The average molecular weight is 363 g/mol. The van der Waals surface area contributed by atoms with Crippen LogP contribution in [0.15, 0.2) is 18.2 Å². The molecule has 0 saturated heterocycles. The number of carbonyl (C=O) groups is 3. The lowest BCUT2D eigenvalue weighted by atomic mass is 10.1. The van der Waals surface area contributed by atoms with E-state index in [1.165, 1.54) is 0 Å². The predicted molar refractivity (Wildman–Crippen MR) is 100 cm³/mol. The normalized spacial score (nSPS) is 10.8. The molecule has 0 saturated carbocycles. The van der Waals surface area contributed by atoms with Gasteiger partial charge in [0.1, 0.15) is 5.60 Å². The van der Waals surface area contributed by atoms with Gasteiger partial charge in [-0.1, -0.05) is 6.07 Å². The van der Waals surface area contributed by atoms with Gasteiger partial charge in [0.15, 0.2) is 0 Å². The molecule has 1 aromatic rings. The zero-order valence-electron chi connectivity index (χ0n) is 16.2. The molecule has 0 aliphatic heterocycles. The molecular formula is C19H29N3O4. The molecule has 3 amide bonds. The quantitative estimate of drug-likeness (QED) is 0.646. The van der Waals surface area contributed by atoms with Crippen LogP contribution >= 0.6 is 0 Å². The molecule has 0 heterocycles. The van der Waals surface area contributed by atoms with Crippen LogP contribution in [0.1, 0.15) is 48.7 Å². The Morgan fingerprint density at radius 3 is 2.19 bits per heavy atom. The molecule has 0 bridgehead atoms. The summed E-state index contributed by atoms with van der Waals surface area (Å²) in [5, 5.41) is 7.96. The van der Waals surface area contributed by atoms with Crippen molar-refractivity contribution in [2.45, 2.75) is 46.6 Å². The summed E-state index contributed by atoms with van der Waals surface area (Å²) in [6.07, 6.45) is -0.407. The first-order chi connectivity index (χ1) is 12.1. The number of nitrogens with one attached hydrogen (secondary N) is 3. The lowest BCUT2D eigenvalue weighted by Gasteiger charge is -2.19. The van der Waals surface area contributed by atoms with Gasteiger partial charge in [-0.25, -0.2) is 4.79 Å². The van der Waals surface area contributed by atoms with Crippen LogP contribution in [-0.2, 0) is 9.53 Å². The van der Waals surface area contributed by atoms with E-state index < -0.39 is 11.7 Å². The Morgan fingerprint density at radius 2 is 1.58 bits per heavy atom. The predicted octanol–water partition coefficient (Wildman–Crippen LogP) is 2.06. The van der Waals surface area contributed by atoms with Crippen molar-refractivity contribution in [2.75, 3.05) is 19.6 Å². The Bertz CT molecular complexity index is 651. The van der Waals surface area contributed by atoms with E-state index in [9.17, 15) is 14.4 Å². The van der Waals surface area contributed by atoms with Gasteiger partial charge in [0.05, 0.1) is 0 Å². The Labute approximate surface area is 154 Å². The molecule has 7 heteroatoms. The Hall–Kier alpha value is -2.57. The molecule has 0 aliphatic rings. The maximum Gasteiger partial charge on any atom is 0.407 e. The van der Waals surface area contributed by atoms with Gasteiger partial charge in [-0.15, -0.1) is 0 Å². The number of alkyl carbamates (subject to hydrolysis) is 1. The molecule has 0 fully saturated rings. The van der Waals surface area contributed by atoms with E-state index in [0.717, 1.165) is 11.1 Å². The highest BCUT2D eigenvalue weighted by Gasteiger charge is 2.15. The molecule has 144 valence electrons. The molecule has 0 aromatic heterocycles. The molecule has 0 atom stereocenters. The fourth-order valence-corrected chi connectivity index (χ4v) is 2.04. The SMILES string of the molecule is Cc1ccc(C(=O)NCCNC(=O)CCNC(=O)OC(C)(C)C)cc1C. The van der Waals surface area contributed by atoms with E-state index in [0.29, 0.717) is 18.7 Å². The van der Waals surface area contributed by atoms with Crippen LogP contribution in [0.5, 0.6) is 0 Å². The Morgan fingerprint density at radius 1 is 0.923 bits per heavy atom. The van der Waals surface area contributed by atoms with E-state index in [2.05, 4.69) is 16.0 Å². The topological polar surface area (TPSA) is 96.5 Å². The number of amides is 3. The minimum atomic E-state index is -0.569. The molecule has 3 N–H and O–H groups in total. The van der Waals surface area contributed by atoms with Crippen molar-refractivity contribution in [3.63, 3.8) is 0 Å². The summed E-state index contributed by atoms with van der Waals surface area (Å²) in [6, 6.07) is 5.52. The molecule has 0 spiro atoms.